The fourth-order valence-electron chi connectivity index (χ4n) is 1.01. The van der Waals surface area contributed by atoms with E-state index in [1.165, 1.54) is 6.08 Å². The van der Waals surface area contributed by atoms with Crippen LogP contribution in [0.2, 0.25) is 0 Å². The van der Waals surface area contributed by atoms with Crippen molar-refractivity contribution in [2.75, 3.05) is 5.73 Å². The SMILES string of the molecule is C=C[C@@H](N)c1cc(F)cc(F)c1N. The van der Waals surface area contributed by atoms with Crippen molar-refractivity contribution in [3.8, 4) is 0 Å². The first-order chi connectivity index (χ1) is 6.06. The molecule has 0 aromatic heterocycles. The van der Waals surface area contributed by atoms with Gasteiger partial charge >= 0.3 is 0 Å². The standard InChI is InChI=1S/C9H10F2N2/c1-2-8(12)6-3-5(10)4-7(11)9(6)13/h2-4,8H,1,12-13H2/t8-/m1/s1. The Morgan fingerprint density at radius 1 is 1.38 bits per heavy atom. The second kappa shape index (κ2) is 3.53. The van der Waals surface area contributed by atoms with E-state index in [4.69, 9.17) is 11.5 Å². The molecule has 1 aromatic rings. The third-order valence-electron chi connectivity index (χ3n) is 1.74. The quantitative estimate of drug-likeness (QED) is 0.543. The molecule has 0 bridgehead atoms. The van der Waals surface area contributed by atoms with Crippen LogP contribution in [0.3, 0.4) is 0 Å². The molecule has 1 atom stereocenters. The van der Waals surface area contributed by atoms with E-state index in [1.54, 1.807) is 0 Å². The molecule has 4 N–H and O–H groups in total. The molecule has 0 spiro atoms. The highest BCUT2D eigenvalue weighted by molar-refractivity contribution is 5.50. The van der Waals surface area contributed by atoms with Crippen molar-refractivity contribution in [1.82, 2.24) is 0 Å². The summed E-state index contributed by atoms with van der Waals surface area (Å²) in [5.74, 6) is -1.49. The average Bonchev–Trinajstić information content (AvgIpc) is 2.10. The Bertz CT molecular complexity index is 337. The molecule has 0 heterocycles. The predicted octanol–water partition coefficient (Wildman–Crippen LogP) is 1.73. The zero-order valence-corrected chi connectivity index (χ0v) is 6.93. The molecule has 1 rings (SSSR count). The molecule has 0 aliphatic rings. The zero-order valence-electron chi connectivity index (χ0n) is 6.93. The van der Waals surface area contributed by atoms with Gasteiger partial charge in [0.2, 0.25) is 0 Å². The number of hydrogen-bond donors (Lipinski definition) is 2. The first-order valence-electron chi connectivity index (χ1n) is 3.68. The number of nitrogen functional groups attached to an aromatic ring is 1. The number of anilines is 1. The summed E-state index contributed by atoms with van der Waals surface area (Å²) in [6.45, 7) is 3.41. The fourth-order valence-corrected chi connectivity index (χ4v) is 1.01. The van der Waals surface area contributed by atoms with E-state index in [0.717, 1.165) is 6.07 Å². The summed E-state index contributed by atoms with van der Waals surface area (Å²) in [4.78, 5) is 0. The number of hydrogen-bond acceptors (Lipinski definition) is 2. The van der Waals surface area contributed by atoms with Gasteiger partial charge in [0.15, 0.2) is 0 Å². The van der Waals surface area contributed by atoms with Crippen LogP contribution in [0.15, 0.2) is 24.8 Å². The van der Waals surface area contributed by atoms with Crippen molar-refractivity contribution in [3.63, 3.8) is 0 Å². The number of nitrogens with two attached hydrogens (primary N) is 2. The molecule has 0 aliphatic carbocycles. The molecule has 0 radical (unpaired) electrons. The zero-order chi connectivity index (χ0) is 10.0. The summed E-state index contributed by atoms with van der Waals surface area (Å²) < 4.78 is 25.6. The van der Waals surface area contributed by atoms with Gasteiger partial charge in [-0.3, -0.25) is 0 Å². The van der Waals surface area contributed by atoms with Gasteiger partial charge in [-0.25, -0.2) is 8.78 Å². The van der Waals surface area contributed by atoms with Gasteiger partial charge in [-0.2, -0.15) is 0 Å². The largest absolute Gasteiger partial charge is 0.396 e. The van der Waals surface area contributed by atoms with Gasteiger partial charge in [0.25, 0.3) is 0 Å². The second-order valence-electron chi connectivity index (χ2n) is 2.65. The Morgan fingerprint density at radius 2 is 2.00 bits per heavy atom. The molecule has 0 amide bonds. The fraction of sp³-hybridized carbons (Fsp3) is 0.111. The van der Waals surface area contributed by atoms with Crippen LogP contribution in [-0.2, 0) is 0 Å². The highest BCUT2D eigenvalue weighted by atomic mass is 19.1. The van der Waals surface area contributed by atoms with E-state index in [9.17, 15) is 8.78 Å². The minimum atomic E-state index is -0.799. The van der Waals surface area contributed by atoms with Gasteiger partial charge < -0.3 is 11.5 Å². The van der Waals surface area contributed by atoms with Crippen LogP contribution in [0.5, 0.6) is 0 Å². The van der Waals surface area contributed by atoms with E-state index in [0.29, 0.717) is 6.07 Å². The molecule has 0 saturated heterocycles. The van der Waals surface area contributed by atoms with Crippen LogP contribution in [0, 0.1) is 11.6 Å². The van der Waals surface area contributed by atoms with E-state index in [2.05, 4.69) is 6.58 Å². The number of halogens is 2. The summed E-state index contributed by atoms with van der Waals surface area (Å²) in [6.07, 6.45) is 1.37. The van der Waals surface area contributed by atoms with Gasteiger partial charge in [-0.1, -0.05) is 6.08 Å². The van der Waals surface area contributed by atoms with E-state index in [-0.39, 0.29) is 11.3 Å². The predicted molar refractivity (Wildman–Crippen MR) is 47.9 cm³/mol. The molecule has 0 fully saturated rings. The topological polar surface area (TPSA) is 52.0 Å². The Balaban J connectivity index is 3.27. The van der Waals surface area contributed by atoms with Crippen LogP contribution in [0.1, 0.15) is 11.6 Å². The Hall–Kier alpha value is -1.42. The Kier molecular flexibility index (Phi) is 2.63. The number of benzene rings is 1. The van der Waals surface area contributed by atoms with E-state index in [1.807, 2.05) is 0 Å². The van der Waals surface area contributed by atoms with Crippen LogP contribution < -0.4 is 11.5 Å². The summed E-state index contributed by atoms with van der Waals surface area (Å²) in [6, 6.07) is 1.17. The molecule has 2 nitrogen and oxygen atoms in total. The lowest BCUT2D eigenvalue weighted by Gasteiger charge is -2.10. The van der Waals surface area contributed by atoms with Gasteiger partial charge in [0, 0.05) is 11.6 Å². The lowest BCUT2D eigenvalue weighted by atomic mass is 10.1. The van der Waals surface area contributed by atoms with Crippen LogP contribution in [-0.4, -0.2) is 0 Å². The summed E-state index contributed by atoms with van der Waals surface area (Å²) in [5, 5.41) is 0. The monoisotopic (exact) mass is 184 g/mol. The molecule has 4 heteroatoms. The number of rotatable bonds is 2. The molecule has 0 saturated carbocycles. The average molecular weight is 184 g/mol. The Labute approximate surface area is 74.8 Å². The van der Waals surface area contributed by atoms with Crippen molar-refractivity contribution in [1.29, 1.82) is 0 Å². The third-order valence-corrected chi connectivity index (χ3v) is 1.74. The molecule has 70 valence electrons. The molecule has 13 heavy (non-hydrogen) atoms. The molecular formula is C9H10F2N2. The first kappa shape index (κ1) is 9.67. The van der Waals surface area contributed by atoms with Gasteiger partial charge in [0.05, 0.1) is 11.7 Å². The maximum Gasteiger partial charge on any atom is 0.149 e. The lowest BCUT2D eigenvalue weighted by molar-refractivity contribution is 0.581. The van der Waals surface area contributed by atoms with Crippen LogP contribution in [0.25, 0.3) is 0 Å². The summed E-state index contributed by atoms with van der Waals surface area (Å²) >= 11 is 0. The highest BCUT2D eigenvalue weighted by Crippen LogP contribution is 2.23. The first-order valence-corrected chi connectivity index (χ1v) is 3.68. The normalized spacial score (nSPS) is 12.5. The van der Waals surface area contributed by atoms with Crippen molar-refractivity contribution in [2.45, 2.75) is 6.04 Å². The van der Waals surface area contributed by atoms with Gasteiger partial charge in [0.1, 0.15) is 11.6 Å². The highest BCUT2D eigenvalue weighted by Gasteiger charge is 2.11. The van der Waals surface area contributed by atoms with Crippen molar-refractivity contribution in [3.05, 3.63) is 42.0 Å². The van der Waals surface area contributed by atoms with Crippen molar-refractivity contribution < 1.29 is 8.78 Å². The summed E-state index contributed by atoms with van der Waals surface area (Å²) in [5.41, 5.74) is 10.9. The van der Waals surface area contributed by atoms with Crippen LogP contribution in [0.4, 0.5) is 14.5 Å². The van der Waals surface area contributed by atoms with E-state index < -0.39 is 17.7 Å². The third kappa shape index (κ3) is 1.84. The van der Waals surface area contributed by atoms with Gasteiger partial charge in [-0.15, -0.1) is 6.58 Å². The van der Waals surface area contributed by atoms with E-state index >= 15 is 0 Å². The summed E-state index contributed by atoms with van der Waals surface area (Å²) in [7, 11) is 0. The minimum absolute atomic E-state index is 0.131. The molecule has 0 unspecified atom stereocenters. The molecular weight excluding hydrogens is 174 g/mol. The van der Waals surface area contributed by atoms with Crippen LogP contribution >= 0.6 is 0 Å². The van der Waals surface area contributed by atoms with Crippen molar-refractivity contribution >= 4 is 5.69 Å². The molecule has 1 aromatic carbocycles. The second-order valence-corrected chi connectivity index (χ2v) is 2.65. The minimum Gasteiger partial charge on any atom is -0.396 e. The maximum atomic E-state index is 12.9. The molecule has 0 aliphatic heterocycles. The maximum absolute atomic E-state index is 12.9. The smallest absolute Gasteiger partial charge is 0.149 e. The van der Waals surface area contributed by atoms with Crippen molar-refractivity contribution in [2.24, 2.45) is 5.73 Å². The van der Waals surface area contributed by atoms with Gasteiger partial charge in [-0.05, 0) is 6.07 Å². The Morgan fingerprint density at radius 3 is 2.54 bits per heavy atom. The lowest BCUT2D eigenvalue weighted by Crippen LogP contribution is -2.11.